The number of rotatable bonds is 4. The molecule has 2 aromatic carbocycles. The van der Waals surface area contributed by atoms with Gasteiger partial charge in [0, 0.05) is 22.2 Å². The van der Waals surface area contributed by atoms with Gasteiger partial charge in [0.05, 0.1) is 10.6 Å². The number of nitro groups is 1. The van der Waals surface area contributed by atoms with E-state index in [1.807, 2.05) is 0 Å². The van der Waals surface area contributed by atoms with Crippen LogP contribution in [0.15, 0.2) is 75.1 Å². The first kappa shape index (κ1) is 20.2. The van der Waals surface area contributed by atoms with Gasteiger partial charge in [0.15, 0.2) is 0 Å². The molecule has 0 atom stereocenters. The van der Waals surface area contributed by atoms with Crippen molar-refractivity contribution in [1.29, 1.82) is 0 Å². The maximum absolute atomic E-state index is 12.9. The van der Waals surface area contributed by atoms with E-state index >= 15 is 0 Å². The Balaban J connectivity index is 1.67. The molecule has 2 heterocycles. The highest BCUT2D eigenvalue weighted by molar-refractivity contribution is 9.10. The summed E-state index contributed by atoms with van der Waals surface area (Å²) in [6.45, 7) is 0. The summed E-state index contributed by atoms with van der Waals surface area (Å²) in [6.07, 6.45) is 1.22. The summed E-state index contributed by atoms with van der Waals surface area (Å²) in [5.41, 5.74) is 0.356. The van der Waals surface area contributed by atoms with Crippen molar-refractivity contribution in [2.75, 3.05) is 4.90 Å². The van der Waals surface area contributed by atoms with Crippen molar-refractivity contribution in [3.63, 3.8) is 0 Å². The zero-order valence-electron chi connectivity index (χ0n) is 15.6. The number of carbonyl (C=O) groups is 3. The average molecular weight is 482 g/mol. The average Bonchev–Trinajstić information content (AvgIpc) is 3.20. The summed E-state index contributed by atoms with van der Waals surface area (Å²) >= 11 is 3.28. The fraction of sp³-hybridized carbons (Fsp3) is 0. The number of barbiturate groups is 1. The second-order valence-corrected chi connectivity index (χ2v) is 7.36. The fourth-order valence-corrected chi connectivity index (χ4v) is 3.39. The number of carbonyl (C=O) groups excluding carboxylic acids is 3. The molecular weight excluding hydrogens is 470 g/mol. The van der Waals surface area contributed by atoms with Crippen LogP contribution in [-0.4, -0.2) is 22.8 Å². The molecule has 0 radical (unpaired) electrons. The van der Waals surface area contributed by atoms with Crippen LogP contribution in [0, 0.1) is 10.1 Å². The summed E-state index contributed by atoms with van der Waals surface area (Å²) in [5.74, 6) is -1.17. The third-order valence-electron chi connectivity index (χ3n) is 4.42. The number of benzene rings is 2. The molecular formula is C21H12BrN3O6. The van der Waals surface area contributed by atoms with Gasteiger partial charge in [0.25, 0.3) is 17.5 Å². The Morgan fingerprint density at radius 3 is 2.55 bits per heavy atom. The molecule has 1 aliphatic rings. The molecule has 1 aliphatic heterocycles. The summed E-state index contributed by atoms with van der Waals surface area (Å²) < 4.78 is 6.30. The van der Waals surface area contributed by atoms with E-state index in [2.05, 4.69) is 21.2 Å². The van der Waals surface area contributed by atoms with E-state index in [9.17, 15) is 24.5 Å². The van der Waals surface area contributed by atoms with Gasteiger partial charge in [-0.25, -0.2) is 9.69 Å². The Bertz CT molecular complexity index is 1280. The molecule has 3 aromatic rings. The Hall–Kier alpha value is -4.05. The number of hydrogen-bond acceptors (Lipinski definition) is 6. The maximum Gasteiger partial charge on any atom is 0.335 e. The molecule has 4 rings (SSSR count). The van der Waals surface area contributed by atoms with Crippen molar-refractivity contribution in [2.24, 2.45) is 0 Å². The molecule has 0 spiro atoms. The molecule has 1 N–H and O–H groups in total. The molecule has 10 heteroatoms. The van der Waals surface area contributed by atoms with Gasteiger partial charge >= 0.3 is 6.03 Å². The third kappa shape index (κ3) is 4.01. The van der Waals surface area contributed by atoms with Crippen LogP contribution in [0.1, 0.15) is 5.76 Å². The maximum atomic E-state index is 12.9. The second-order valence-electron chi connectivity index (χ2n) is 6.45. The molecule has 9 nitrogen and oxygen atoms in total. The normalized spacial score (nSPS) is 15.3. The molecule has 154 valence electrons. The van der Waals surface area contributed by atoms with Gasteiger partial charge in [0.1, 0.15) is 17.1 Å². The van der Waals surface area contributed by atoms with Gasteiger partial charge in [-0.05, 0) is 36.4 Å². The summed E-state index contributed by atoms with van der Waals surface area (Å²) in [5, 5.41) is 13.1. The number of nitrogens with one attached hydrogen (secondary N) is 1. The number of nitro benzene ring substituents is 1. The SMILES string of the molecule is O=C1NC(=O)N(c2cccc(Br)c2)C(=O)/C1=C\c1ccc(-c2cccc([N+](=O)[O-])c2)o1. The standard InChI is InChI=1S/C21H12BrN3O6/c22-13-4-2-5-14(10-13)24-20(27)17(19(26)23-21(24)28)11-16-7-8-18(31-16)12-3-1-6-15(9-12)25(29)30/h1-11H,(H,23,26,28)/b17-11-. The van der Waals surface area contributed by atoms with Crippen molar-refractivity contribution < 1.29 is 23.7 Å². The number of furan rings is 1. The summed E-state index contributed by atoms with van der Waals surface area (Å²) in [7, 11) is 0. The van der Waals surface area contributed by atoms with Crippen molar-refractivity contribution in [2.45, 2.75) is 0 Å². The highest BCUT2D eigenvalue weighted by Gasteiger charge is 2.37. The van der Waals surface area contributed by atoms with Crippen LogP contribution in [0.4, 0.5) is 16.2 Å². The van der Waals surface area contributed by atoms with Gasteiger partial charge in [-0.1, -0.05) is 34.1 Å². The first-order valence-electron chi connectivity index (χ1n) is 8.85. The van der Waals surface area contributed by atoms with Crippen LogP contribution in [0.2, 0.25) is 0 Å². The minimum Gasteiger partial charge on any atom is -0.457 e. The quantitative estimate of drug-likeness (QED) is 0.256. The van der Waals surface area contributed by atoms with Gasteiger partial charge < -0.3 is 4.42 Å². The lowest BCUT2D eigenvalue weighted by atomic mass is 10.1. The molecule has 4 amide bonds. The van der Waals surface area contributed by atoms with Crippen LogP contribution < -0.4 is 10.2 Å². The first-order valence-corrected chi connectivity index (χ1v) is 9.64. The van der Waals surface area contributed by atoms with Crippen molar-refractivity contribution >= 4 is 51.2 Å². The lowest BCUT2D eigenvalue weighted by molar-refractivity contribution is -0.384. The largest absolute Gasteiger partial charge is 0.457 e. The number of non-ortho nitro benzene ring substituents is 1. The lowest BCUT2D eigenvalue weighted by Gasteiger charge is -2.26. The highest BCUT2D eigenvalue weighted by Crippen LogP contribution is 2.28. The molecule has 31 heavy (non-hydrogen) atoms. The molecule has 0 unspecified atom stereocenters. The highest BCUT2D eigenvalue weighted by atomic mass is 79.9. The van der Waals surface area contributed by atoms with E-state index in [1.165, 1.54) is 30.3 Å². The monoisotopic (exact) mass is 481 g/mol. The van der Waals surface area contributed by atoms with Crippen molar-refractivity contribution in [3.05, 3.63) is 86.6 Å². The molecule has 0 aliphatic carbocycles. The van der Waals surface area contributed by atoms with E-state index in [0.29, 0.717) is 15.8 Å². The zero-order valence-corrected chi connectivity index (χ0v) is 17.2. The third-order valence-corrected chi connectivity index (χ3v) is 4.92. The number of imide groups is 2. The number of amides is 4. The van der Waals surface area contributed by atoms with Crippen LogP contribution in [0.5, 0.6) is 0 Å². The van der Waals surface area contributed by atoms with E-state index in [-0.39, 0.29) is 22.7 Å². The van der Waals surface area contributed by atoms with Crippen LogP contribution in [0.25, 0.3) is 17.4 Å². The number of anilines is 1. The number of nitrogens with zero attached hydrogens (tertiary/aromatic N) is 2. The van der Waals surface area contributed by atoms with Crippen LogP contribution >= 0.6 is 15.9 Å². The minimum atomic E-state index is -0.859. The van der Waals surface area contributed by atoms with E-state index < -0.39 is 22.8 Å². The van der Waals surface area contributed by atoms with E-state index in [0.717, 1.165) is 4.90 Å². The summed E-state index contributed by atoms with van der Waals surface area (Å²) in [4.78, 5) is 48.7. The molecule has 1 saturated heterocycles. The van der Waals surface area contributed by atoms with Crippen molar-refractivity contribution in [1.82, 2.24) is 5.32 Å². The number of urea groups is 1. The van der Waals surface area contributed by atoms with Gasteiger partial charge in [-0.15, -0.1) is 0 Å². The van der Waals surface area contributed by atoms with Gasteiger partial charge in [-0.3, -0.25) is 25.0 Å². The zero-order chi connectivity index (χ0) is 22.1. The Kier molecular flexibility index (Phi) is 5.22. The molecule has 1 fully saturated rings. The minimum absolute atomic E-state index is 0.0983. The van der Waals surface area contributed by atoms with Crippen molar-refractivity contribution in [3.8, 4) is 11.3 Å². The Labute approximate surface area is 183 Å². The Morgan fingerprint density at radius 2 is 1.81 bits per heavy atom. The summed E-state index contributed by atoms with van der Waals surface area (Å²) in [6, 6.07) is 14.6. The number of halogens is 1. The predicted octanol–water partition coefficient (Wildman–Crippen LogP) is 4.28. The lowest BCUT2D eigenvalue weighted by Crippen LogP contribution is -2.54. The van der Waals surface area contributed by atoms with E-state index in [4.69, 9.17) is 4.42 Å². The molecule has 1 aromatic heterocycles. The predicted molar refractivity (Wildman–Crippen MR) is 114 cm³/mol. The van der Waals surface area contributed by atoms with Crippen LogP contribution in [0.3, 0.4) is 0 Å². The van der Waals surface area contributed by atoms with Gasteiger partial charge in [0.2, 0.25) is 0 Å². The fourth-order valence-electron chi connectivity index (χ4n) is 3.01. The molecule has 0 bridgehead atoms. The van der Waals surface area contributed by atoms with Gasteiger partial charge in [-0.2, -0.15) is 0 Å². The van der Waals surface area contributed by atoms with Crippen LogP contribution in [-0.2, 0) is 9.59 Å². The Morgan fingerprint density at radius 1 is 1.03 bits per heavy atom. The first-order chi connectivity index (χ1) is 14.8. The molecule has 0 saturated carbocycles. The number of hydrogen-bond donors (Lipinski definition) is 1. The van der Waals surface area contributed by atoms with E-state index in [1.54, 1.807) is 36.4 Å². The topological polar surface area (TPSA) is 123 Å². The second kappa shape index (κ2) is 8.00. The smallest absolute Gasteiger partial charge is 0.335 e.